The van der Waals surface area contributed by atoms with E-state index in [2.05, 4.69) is 5.32 Å². The quantitative estimate of drug-likeness (QED) is 0.171. The Kier molecular flexibility index (Phi) is 11.8. The van der Waals surface area contributed by atoms with Crippen molar-refractivity contribution in [2.24, 2.45) is 0 Å². The van der Waals surface area contributed by atoms with E-state index in [4.69, 9.17) is 16.3 Å². The molecule has 1 N–H and O–H groups in total. The summed E-state index contributed by atoms with van der Waals surface area (Å²) in [5, 5.41) is 3.43. The molecule has 0 aromatic heterocycles. The minimum Gasteiger partial charge on any atom is -0.495 e. The fraction of sp³-hybridized carbons (Fsp3) is 0.278. The van der Waals surface area contributed by atoms with E-state index in [1.807, 2.05) is 57.2 Å². The summed E-state index contributed by atoms with van der Waals surface area (Å²) in [5.41, 5.74) is 3.44. The first-order valence-corrected chi connectivity index (χ1v) is 16.9. The normalized spacial score (nSPS) is 11.8. The molecule has 0 saturated carbocycles. The Hall–Kier alpha value is -4.34. The number of halogens is 1. The van der Waals surface area contributed by atoms with Gasteiger partial charge < -0.3 is 15.0 Å². The predicted molar refractivity (Wildman–Crippen MR) is 183 cm³/mol. The van der Waals surface area contributed by atoms with E-state index in [0.29, 0.717) is 23.6 Å². The lowest BCUT2D eigenvalue weighted by molar-refractivity contribution is -0.140. The highest BCUT2D eigenvalue weighted by Crippen LogP contribution is 2.34. The smallest absolute Gasteiger partial charge is 0.264 e. The standard InChI is InChI=1S/C36H40ClN3O5S/c1-5-20-38-36(42)33(23-28-10-7-6-8-11-28)39(24-29-12-9-13-30(37)22-29)35(41)25-40(32-21-27(3)16-19-34(32)45-4)46(43,44)31-17-14-26(2)15-18-31/h6-19,21-22,33H,5,20,23-25H2,1-4H3,(H,38,42)/t33-/m1/s1. The number of amides is 2. The van der Waals surface area contributed by atoms with Crippen molar-refractivity contribution < 1.29 is 22.7 Å². The molecule has 242 valence electrons. The number of ether oxygens (including phenoxy) is 1. The number of benzene rings is 4. The summed E-state index contributed by atoms with van der Waals surface area (Å²) in [4.78, 5) is 29.9. The fourth-order valence-corrected chi connectivity index (χ4v) is 6.73. The van der Waals surface area contributed by atoms with Crippen LogP contribution >= 0.6 is 11.6 Å². The number of nitrogens with zero attached hydrogens (tertiary/aromatic N) is 2. The molecule has 46 heavy (non-hydrogen) atoms. The van der Waals surface area contributed by atoms with Crippen LogP contribution in [0.25, 0.3) is 0 Å². The number of hydrogen-bond acceptors (Lipinski definition) is 5. The summed E-state index contributed by atoms with van der Waals surface area (Å²) < 4.78 is 35.3. The maximum Gasteiger partial charge on any atom is 0.264 e. The number of hydrogen-bond donors (Lipinski definition) is 1. The molecule has 4 aromatic carbocycles. The zero-order chi connectivity index (χ0) is 33.3. The molecule has 0 aliphatic carbocycles. The first-order valence-electron chi connectivity index (χ1n) is 15.1. The largest absolute Gasteiger partial charge is 0.495 e. The minimum atomic E-state index is -4.26. The SMILES string of the molecule is CCCNC(=O)[C@@H](Cc1ccccc1)N(Cc1cccc(Cl)c1)C(=O)CN(c1cc(C)ccc1OC)S(=O)(=O)c1ccc(C)cc1. The third-order valence-corrected chi connectivity index (χ3v) is 9.56. The molecule has 0 spiro atoms. The van der Waals surface area contributed by atoms with Crippen molar-refractivity contribution in [2.75, 3.05) is 24.5 Å². The fourth-order valence-electron chi connectivity index (χ4n) is 5.10. The van der Waals surface area contributed by atoms with E-state index in [1.54, 1.807) is 48.5 Å². The van der Waals surface area contributed by atoms with Gasteiger partial charge in [0.2, 0.25) is 11.8 Å². The number of aryl methyl sites for hydroxylation is 2. The maximum absolute atomic E-state index is 14.6. The molecule has 0 heterocycles. The van der Waals surface area contributed by atoms with E-state index in [1.165, 1.54) is 24.1 Å². The van der Waals surface area contributed by atoms with E-state index in [9.17, 15) is 18.0 Å². The highest BCUT2D eigenvalue weighted by Gasteiger charge is 2.35. The Morgan fingerprint density at radius 2 is 1.54 bits per heavy atom. The third-order valence-electron chi connectivity index (χ3n) is 7.55. The first-order chi connectivity index (χ1) is 22.0. The lowest BCUT2D eigenvalue weighted by atomic mass is 10.0. The van der Waals surface area contributed by atoms with Crippen molar-refractivity contribution in [1.29, 1.82) is 0 Å². The van der Waals surface area contributed by atoms with Crippen molar-refractivity contribution in [3.05, 3.63) is 124 Å². The lowest BCUT2D eigenvalue weighted by Crippen LogP contribution is -2.53. The highest BCUT2D eigenvalue weighted by molar-refractivity contribution is 7.92. The van der Waals surface area contributed by atoms with Gasteiger partial charge >= 0.3 is 0 Å². The number of sulfonamides is 1. The topological polar surface area (TPSA) is 96.0 Å². The van der Waals surface area contributed by atoms with Crippen molar-refractivity contribution >= 4 is 39.1 Å². The summed E-state index contributed by atoms with van der Waals surface area (Å²) in [6.45, 7) is 5.53. The van der Waals surface area contributed by atoms with E-state index in [-0.39, 0.29) is 35.2 Å². The van der Waals surface area contributed by atoms with Crippen LogP contribution in [-0.4, -0.2) is 51.4 Å². The number of rotatable bonds is 14. The van der Waals surface area contributed by atoms with Crippen LogP contribution in [0.4, 0.5) is 5.69 Å². The minimum absolute atomic E-state index is 0.0253. The van der Waals surface area contributed by atoms with Crippen molar-refractivity contribution in [3.8, 4) is 5.75 Å². The number of nitrogens with one attached hydrogen (secondary N) is 1. The van der Waals surface area contributed by atoms with Gasteiger partial charge in [-0.1, -0.05) is 84.8 Å². The Bertz CT molecular complexity index is 1750. The van der Waals surface area contributed by atoms with Crippen molar-refractivity contribution in [2.45, 2.75) is 51.1 Å². The van der Waals surface area contributed by atoms with Crippen LogP contribution < -0.4 is 14.4 Å². The molecule has 0 radical (unpaired) electrons. The van der Waals surface area contributed by atoms with Crippen LogP contribution in [0.5, 0.6) is 5.75 Å². The summed E-state index contributed by atoms with van der Waals surface area (Å²) in [6, 6.07) is 27.1. The third kappa shape index (κ3) is 8.68. The molecule has 0 bridgehead atoms. The number of carbonyl (C=O) groups is 2. The molecule has 0 fully saturated rings. The van der Waals surface area contributed by atoms with E-state index >= 15 is 0 Å². The number of methoxy groups -OCH3 is 1. The summed E-state index contributed by atoms with van der Waals surface area (Å²) in [5.74, 6) is -0.606. The van der Waals surface area contributed by atoms with Gasteiger partial charge in [0.05, 0.1) is 17.7 Å². The molecule has 8 nitrogen and oxygen atoms in total. The zero-order valence-electron chi connectivity index (χ0n) is 26.6. The first kappa shape index (κ1) is 34.5. The van der Waals surface area contributed by atoms with Gasteiger partial charge in [-0.25, -0.2) is 8.42 Å². The molecule has 0 saturated heterocycles. The number of carbonyl (C=O) groups excluding carboxylic acids is 2. The monoisotopic (exact) mass is 661 g/mol. The molecular weight excluding hydrogens is 622 g/mol. The van der Waals surface area contributed by atoms with Gasteiger partial charge in [0.25, 0.3) is 10.0 Å². The number of anilines is 1. The van der Waals surface area contributed by atoms with Crippen LogP contribution in [0.15, 0.2) is 102 Å². The molecular formula is C36H40ClN3O5S. The van der Waals surface area contributed by atoms with Crippen molar-refractivity contribution in [3.63, 3.8) is 0 Å². The summed E-state index contributed by atoms with van der Waals surface area (Å²) >= 11 is 6.32. The van der Waals surface area contributed by atoms with Crippen LogP contribution in [0.3, 0.4) is 0 Å². The summed E-state index contributed by atoms with van der Waals surface area (Å²) in [6.07, 6.45) is 0.933. The van der Waals surface area contributed by atoms with Crippen molar-refractivity contribution in [1.82, 2.24) is 10.2 Å². The van der Waals surface area contributed by atoms with Gasteiger partial charge in [-0.05, 0) is 73.4 Å². The average Bonchev–Trinajstić information content (AvgIpc) is 3.04. The molecule has 4 aromatic rings. The Morgan fingerprint density at radius 1 is 0.870 bits per heavy atom. The second-order valence-electron chi connectivity index (χ2n) is 11.1. The molecule has 1 atom stereocenters. The van der Waals surface area contributed by atoms with Crippen LogP contribution in [0, 0.1) is 13.8 Å². The Balaban J connectivity index is 1.85. The molecule has 0 aliphatic rings. The van der Waals surface area contributed by atoms with Gasteiger partial charge in [-0.2, -0.15) is 0 Å². The molecule has 4 rings (SSSR count). The van der Waals surface area contributed by atoms with Gasteiger partial charge in [-0.15, -0.1) is 0 Å². The summed E-state index contributed by atoms with van der Waals surface area (Å²) in [7, 11) is -2.81. The maximum atomic E-state index is 14.6. The molecule has 0 aliphatic heterocycles. The molecule has 2 amide bonds. The van der Waals surface area contributed by atoms with Crippen LogP contribution in [0.2, 0.25) is 5.02 Å². The second kappa shape index (κ2) is 15.8. The lowest BCUT2D eigenvalue weighted by Gasteiger charge is -2.34. The van der Waals surface area contributed by atoms with Gasteiger partial charge in [0, 0.05) is 24.5 Å². The van der Waals surface area contributed by atoms with Gasteiger partial charge in [0.15, 0.2) is 0 Å². The van der Waals surface area contributed by atoms with E-state index in [0.717, 1.165) is 21.0 Å². The van der Waals surface area contributed by atoms with Crippen LogP contribution in [-0.2, 0) is 32.6 Å². The zero-order valence-corrected chi connectivity index (χ0v) is 28.1. The Labute approximate surface area is 277 Å². The van der Waals surface area contributed by atoms with Gasteiger partial charge in [0.1, 0.15) is 18.3 Å². The Morgan fingerprint density at radius 3 is 2.20 bits per heavy atom. The van der Waals surface area contributed by atoms with Crippen LogP contribution in [0.1, 0.15) is 35.6 Å². The predicted octanol–water partition coefficient (Wildman–Crippen LogP) is 6.33. The second-order valence-corrected chi connectivity index (χ2v) is 13.4. The average molecular weight is 662 g/mol. The molecule has 10 heteroatoms. The molecule has 0 unspecified atom stereocenters. The van der Waals surface area contributed by atoms with Gasteiger partial charge in [-0.3, -0.25) is 13.9 Å². The van der Waals surface area contributed by atoms with E-state index < -0.39 is 28.5 Å². The highest BCUT2D eigenvalue weighted by atomic mass is 35.5.